The normalized spacial score (nSPS) is 9.57. The monoisotopic (exact) mass is 408 g/mol. The fourth-order valence-corrected chi connectivity index (χ4v) is 0.610. The summed E-state index contributed by atoms with van der Waals surface area (Å²) in [6.45, 7) is 19.5. The average Bonchev–Trinajstić information content (AvgIpc) is 2.47. The van der Waals surface area contributed by atoms with Crippen molar-refractivity contribution in [2.45, 2.75) is 116 Å². The first-order valence-corrected chi connectivity index (χ1v) is 9.20. The molecule has 6 nitrogen and oxygen atoms in total. The SMILES string of the molecule is C.C.CC(=O)NC(C)C(C)=O.CC(C)=O.CCC.CCC.CNC(C)C(C)=O. The fourth-order valence-electron chi connectivity index (χ4n) is 0.610. The van der Waals surface area contributed by atoms with E-state index in [1.165, 1.54) is 40.5 Å². The predicted molar refractivity (Wildman–Crippen MR) is 125 cm³/mol. The van der Waals surface area contributed by atoms with E-state index >= 15 is 0 Å². The van der Waals surface area contributed by atoms with Crippen LogP contribution >= 0.6 is 0 Å². The largest absolute Gasteiger partial charge is 0.347 e. The van der Waals surface area contributed by atoms with Crippen molar-refractivity contribution in [3.63, 3.8) is 0 Å². The lowest BCUT2D eigenvalue weighted by molar-refractivity contribution is -0.125. The quantitative estimate of drug-likeness (QED) is 0.684. The van der Waals surface area contributed by atoms with Crippen molar-refractivity contribution >= 4 is 23.3 Å². The summed E-state index contributed by atoms with van der Waals surface area (Å²) in [4.78, 5) is 40.5. The molecule has 0 rings (SSSR count). The van der Waals surface area contributed by atoms with E-state index in [0.29, 0.717) is 0 Å². The highest BCUT2D eigenvalue weighted by molar-refractivity contribution is 5.86. The minimum atomic E-state index is -0.345. The van der Waals surface area contributed by atoms with Gasteiger partial charge in [0.2, 0.25) is 5.91 Å². The van der Waals surface area contributed by atoms with E-state index in [-0.39, 0.29) is 50.2 Å². The Labute approximate surface area is 176 Å². The van der Waals surface area contributed by atoms with Gasteiger partial charge in [-0.05, 0) is 48.6 Å². The number of hydrogen-bond acceptors (Lipinski definition) is 5. The number of likely N-dealkylation sites (N-methyl/N-ethyl adjacent to an activating group) is 1. The molecular formula is C22H52N2O4. The summed E-state index contributed by atoms with van der Waals surface area (Å²) in [5.74, 6) is 0.158. The Bertz CT molecular complexity index is 350. The molecule has 2 N–H and O–H groups in total. The molecule has 0 aromatic heterocycles. The van der Waals surface area contributed by atoms with Gasteiger partial charge in [0, 0.05) is 6.92 Å². The summed E-state index contributed by atoms with van der Waals surface area (Å²) in [5, 5.41) is 5.27. The van der Waals surface area contributed by atoms with Crippen LogP contribution in [0.1, 0.15) is 104 Å². The summed E-state index contributed by atoms with van der Waals surface area (Å²) in [6.07, 6.45) is 2.50. The lowest BCUT2D eigenvalue weighted by atomic mass is 10.2. The van der Waals surface area contributed by atoms with E-state index in [4.69, 9.17) is 0 Å². The van der Waals surface area contributed by atoms with Crippen LogP contribution in [0.2, 0.25) is 0 Å². The number of nitrogens with one attached hydrogen (secondary N) is 2. The zero-order valence-corrected chi connectivity index (χ0v) is 19.2. The van der Waals surface area contributed by atoms with Crippen LogP contribution in [0, 0.1) is 0 Å². The van der Waals surface area contributed by atoms with Gasteiger partial charge in [0.25, 0.3) is 0 Å². The number of carbonyl (C=O) groups is 4. The highest BCUT2D eigenvalue weighted by atomic mass is 16.2. The van der Waals surface area contributed by atoms with Crippen molar-refractivity contribution in [1.82, 2.24) is 10.6 Å². The Hall–Kier alpha value is -1.56. The Kier molecular flexibility index (Phi) is 58.8. The molecule has 0 fully saturated rings. The standard InChI is InChI=1S/C6H11NO2.C5H11NO.C3H6O.2C3H8.2CH4/c1-4(5(2)8)7-6(3)9;1-4(6-3)5(2)7;1-3(2)4;2*1-3-2;;/h4H,1-3H3,(H,7,9);4,6H,1-3H3;1-2H3;2*3H2,1-2H3;2*1H4. The van der Waals surface area contributed by atoms with Crippen molar-refractivity contribution < 1.29 is 19.2 Å². The average molecular weight is 409 g/mol. The van der Waals surface area contributed by atoms with Gasteiger partial charge in [0.05, 0.1) is 12.1 Å². The zero-order valence-electron chi connectivity index (χ0n) is 19.2. The molecule has 0 saturated carbocycles. The van der Waals surface area contributed by atoms with E-state index in [0.717, 1.165) is 0 Å². The molecule has 28 heavy (non-hydrogen) atoms. The van der Waals surface area contributed by atoms with Crippen LogP contribution < -0.4 is 10.6 Å². The lowest BCUT2D eigenvalue weighted by Crippen LogP contribution is -2.35. The minimum absolute atomic E-state index is 0. The molecule has 0 saturated heterocycles. The molecule has 0 aliphatic rings. The number of rotatable bonds is 4. The molecule has 0 spiro atoms. The topological polar surface area (TPSA) is 92.3 Å². The van der Waals surface area contributed by atoms with Gasteiger partial charge >= 0.3 is 0 Å². The minimum Gasteiger partial charge on any atom is -0.347 e. The predicted octanol–water partition coefficient (Wildman–Crippen LogP) is 4.98. The van der Waals surface area contributed by atoms with Crippen LogP contribution in [0.3, 0.4) is 0 Å². The van der Waals surface area contributed by atoms with Gasteiger partial charge in [0.15, 0.2) is 5.78 Å². The van der Waals surface area contributed by atoms with E-state index in [2.05, 4.69) is 38.3 Å². The molecule has 0 aromatic carbocycles. The van der Waals surface area contributed by atoms with E-state index in [9.17, 15) is 19.2 Å². The van der Waals surface area contributed by atoms with Gasteiger partial charge in [-0.3, -0.25) is 14.4 Å². The van der Waals surface area contributed by atoms with Crippen LogP contribution in [-0.2, 0) is 19.2 Å². The summed E-state index contributed by atoms with van der Waals surface area (Å²) in [5.41, 5.74) is 0. The summed E-state index contributed by atoms with van der Waals surface area (Å²) >= 11 is 0. The molecule has 0 radical (unpaired) electrons. The van der Waals surface area contributed by atoms with Gasteiger partial charge in [-0.1, -0.05) is 55.4 Å². The van der Waals surface area contributed by atoms with Crippen molar-refractivity contribution in [3.8, 4) is 0 Å². The highest BCUT2D eigenvalue weighted by Crippen LogP contribution is 1.81. The molecule has 0 heterocycles. The molecule has 0 aromatic rings. The molecule has 0 bridgehead atoms. The van der Waals surface area contributed by atoms with Crippen LogP contribution in [0.15, 0.2) is 0 Å². The second-order valence-corrected chi connectivity index (χ2v) is 5.98. The third kappa shape index (κ3) is 86.8. The third-order valence-corrected chi connectivity index (χ3v) is 2.07. The maximum atomic E-state index is 10.5. The third-order valence-electron chi connectivity index (χ3n) is 2.07. The first-order valence-electron chi connectivity index (χ1n) is 9.20. The van der Waals surface area contributed by atoms with Crippen LogP contribution in [0.5, 0.6) is 0 Å². The number of ketones is 3. The molecule has 0 aliphatic heterocycles. The first-order chi connectivity index (χ1) is 11.8. The second kappa shape index (κ2) is 36.4. The van der Waals surface area contributed by atoms with E-state index in [1.54, 1.807) is 20.9 Å². The summed E-state index contributed by atoms with van der Waals surface area (Å²) in [6, 6.07) is -0.331. The first kappa shape index (κ1) is 45.3. The Morgan fingerprint density at radius 2 is 0.893 bits per heavy atom. The van der Waals surface area contributed by atoms with Gasteiger partial charge in [-0.2, -0.15) is 0 Å². The van der Waals surface area contributed by atoms with Crippen LogP contribution in [-0.4, -0.2) is 42.4 Å². The maximum absolute atomic E-state index is 10.5. The van der Waals surface area contributed by atoms with Crippen molar-refractivity contribution in [3.05, 3.63) is 0 Å². The zero-order chi connectivity index (χ0) is 22.3. The maximum Gasteiger partial charge on any atom is 0.217 e. The molecule has 0 aliphatic carbocycles. The number of carbonyl (C=O) groups excluding carboxylic acids is 4. The Balaban J connectivity index is -0.0000000417. The molecule has 1 amide bonds. The number of Topliss-reactive ketones (excluding diaryl/α,β-unsaturated/α-hetero) is 3. The molecule has 2 unspecified atom stereocenters. The van der Waals surface area contributed by atoms with Crippen molar-refractivity contribution in [1.29, 1.82) is 0 Å². The summed E-state index contributed by atoms with van der Waals surface area (Å²) < 4.78 is 0. The van der Waals surface area contributed by atoms with Gasteiger partial charge < -0.3 is 15.4 Å². The molecule has 6 heteroatoms. The Morgan fingerprint density at radius 3 is 0.929 bits per heavy atom. The van der Waals surface area contributed by atoms with Crippen molar-refractivity contribution in [2.24, 2.45) is 0 Å². The number of amides is 1. The van der Waals surface area contributed by atoms with Gasteiger partial charge in [-0.15, -0.1) is 0 Å². The Morgan fingerprint density at radius 1 is 0.679 bits per heavy atom. The number of hydrogen-bond donors (Lipinski definition) is 2. The lowest BCUT2D eigenvalue weighted by Gasteiger charge is -2.06. The van der Waals surface area contributed by atoms with Gasteiger partial charge in [0.1, 0.15) is 11.6 Å². The van der Waals surface area contributed by atoms with Crippen LogP contribution in [0.25, 0.3) is 0 Å². The smallest absolute Gasteiger partial charge is 0.217 e. The van der Waals surface area contributed by atoms with E-state index < -0.39 is 0 Å². The molecule has 2 atom stereocenters. The van der Waals surface area contributed by atoms with Crippen molar-refractivity contribution in [2.75, 3.05) is 7.05 Å². The fraction of sp³-hybridized carbons (Fsp3) is 0.818. The molecule has 174 valence electrons. The van der Waals surface area contributed by atoms with E-state index in [1.807, 2.05) is 6.92 Å². The van der Waals surface area contributed by atoms with Crippen LogP contribution in [0.4, 0.5) is 0 Å². The second-order valence-electron chi connectivity index (χ2n) is 5.98. The molecular weight excluding hydrogens is 356 g/mol. The highest BCUT2D eigenvalue weighted by Gasteiger charge is 2.06. The summed E-state index contributed by atoms with van der Waals surface area (Å²) in [7, 11) is 1.77. The van der Waals surface area contributed by atoms with Gasteiger partial charge in [-0.25, -0.2) is 0 Å².